The fourth-order valence-corrected chi connectivity index (χ4v) is 2.65. The Balaban J connectivity index is 2.21. The number of carbonyl (C=O) groups is 1. The van der Waals surface area contributed by atoms with E-state index in [1.54, 1.807) is 19.2 Å². The summed E-state index contributed by atoms with van der Waals surface area (Å²) in [6.07, 6.45) is 0. The van der Waals surface area contributed by atoms with Crippen LogP contribution in [0, 0.1) is 0 Å². The van der Waals surface area contributed by atoms with Gasteiger partial charge in [0.15, 0.2) is 5.43 Å². The molecule has 2 aromatic carbocycles. The van der Waals surface area contributed by atoms with Gasteiger partial charge in [-0.1, -0.05) is 12.1 Å². The quantitative estimate of drug-likeness (QED) is 0.739. The monoisotopic (exact) mass is 339 g/mol. The third kappa shape index (κ3) is 3.06. The van der Waals surface area contributed by atoms with Gasteiger partial charge in [-0.05, 0) is 35.4 Å². The average Bonchev–Trinajstić information content (AvgIpc) is 2.66. The van der Waals surface area contributed by atoms with E-state index >= 15 is 0 Å². The van der Waals surface area contributed by atoms with Gasteiger partial charge in [-0.2, -0.15) is 0 Å². The molecule has 1 aromatic heterocycles. The number of hydrogen-bond acceptors (Lipinski definition) is 5. The molecule has 0 amide bonds. The Kier molecular flexibility index (Phi) is 4.43. The van der Waals surface area contributed by atoms with Crippen LogP contribution >= 0.6 is 0 Å². The fourth-order valence-electron chi connectivity index (χ4n) is 2.65. The largest absolute Gasteiger partial charge is 0.497 e. The molecule has 0 spiro atoms. The van der Waals surface area contributed by atoms with Crippen molar-refractivity contribution in [2.45, 2.75) is 0 Å². The van der Waals surface area contributed by atoms with E-state index in [0.717, 1.165) is 16.9 Å². The van der Waals surface area contributed by atoms with Gasteiger partial charge in [-0.15, -0.1) is 0 Å². The molecule has 128 valence electrons. The number of carbonyl (C=O) groups excluding carboxylic acids is 1. The van der Waals surface area contributed by atoms with Gasteiger partial charge in [0, 0.05) is 11.5 Å². The Bertz CT molecular complexity index is 989. The van der Waals surface area contributed by atoms with Gasteiger partial charge in [-0.3, -0.25) is 4.79 Å². The third-order valence-electron chi connectivity index (χ3n) is 3.95. The zero-order valence-electron chi connectivity index (χ0n) is 14.1. The Labute approximate surface area is 144 Å². The molecule has 0 fully saturated rings. The summed E-state index contributed by atoms with van der Waals surface area (Å²) in [5.41, 5.74) is 1.98. The summed E-state index contributed by atoms with van der Waals surface area (Å²) >= 11 is 0. The highest BCUT2D eigenvalue weighted by Gasteiger charge is 2.14. The summed E-state index contributed by atoms with van der Waals surface area (Å²) in [5, 5.41) is 0.429. The molecule has 3 rings (SSSR count). The number of pyridine rings is 1. The van der Waals surface area contributed by atoms with Crippen molar-refractivity contribution in [2.75, 3.05) is 21.3 Å². The normalized spacial score (nSPS) is 10.5. The molecule has 0 unspecified atom stereocenters. The van der Waals surface area contributed by atoms with E-state index in [-0.39, 0.29) is 11.1 Å². The lowest BCUT2D eigenvalue weighted by atomic mass is 10.0. The zero-order chi connectivity index (χ0) is 18.0. The van der Waals surface area contributed by atoms with E-state index < -0.39 is 5.97 Å². The van der Waals surface area contributed by atoms with Crippen LogP contribution in [0.15, 0.2) is 47.3 Å². The molecule has 0 saturated heterocycles. The number of rotatable bonds is 4. The van der Waals surface area contributed by atoms with Crippen LogP contribution in [0.1, 0.15) is 10.5 Å². The van der Waals surface area contributed by atoms with Crippen molar-refractivity contribution in [1.29, 1.82) is 0 Å². The zero-order valence-corrected chi connectivity index (χ0v) is 14.1. The van der Waals surface area contributed by atoms with Gasteiger partial charge in [-0.25, -0.2) is 4.79 Å². The molecule has 0 aliphatic rings. The first-order chi connectivity index (χ1) is 12.1. The molecule has 0 saturated carbocycles. The number of esters is 1. The van der Waals surface area contributed by atoms with Crippen LogP contribution < -0.4 is 14.9 Å². The summed E-state index contributed by atoms with van der Waals surface area (Å²) in [6.45, 7) is 0. The molecule has 25 heavy (non-hydrogen) atoms. The van der Waals surface area contributed by atoms with Gasteiger partial charge in [0.25, 0.3) is 0 Å². The summed E-state index contributed by atoms with van der Waals surface area (Å²) in [7, 11) is 4.37. The topological polar surface area (TPSA) is 77.6 Å². The molecule has 0 radical (unpaired) electrons. The molecule has 6 nitrogen and oxygen atoms in total. The van der Waals surface area contributed by atoms with Crippen molar-refractivity contribution >= 4 is 16.9 Å². The number of methoxy groups -OCH3 is 3. The maximum atomic E-state index is 12.5. The first kappa shape index (κ1) is 16.6. The first-order valence-electron chi connectivity index (χ1n) is 7.55. The van der Waals surface area contributed by atoms with Crippen molar-refractivity contribution in [3.05, 3.63) is 58.4 Å². The highest BCUT2D eigenvalue weighted by molar-refractivity contribution is 5.94. The number of nitrogens with one attached hydrogen (secondary N) is 1. The van der Waals surface area contributed by atoms with E-state index in [4.69, 9.17) is 9.47 Å². The minimum atomic E-state index is -0.611. The summed E-state index contributed by atoms with van der Waals surface area (Å²) in [5.74, 6) is 0.600. The van der Waals surface area contributed by atoms with Crippen molar-refractivity contribution in [1.82, 2.24) is 4.98 Å². The predicted molar refractivity (Wildman–Crippen MR) is 94.4 cm³/mol. The van der Waals surface area contributed by atoms with Crippen molar-refractivity contribution in [3.63, 3.8) is 0 Å². The highest BCUT2D eigenvalue weighted by atomic mass is 16.5. The molecule has 1 heterocycles. The van der Waals surface area contributed by atoms with Crippen molar-refractivity contribution < 1.29 is 19.0 Å². The minimum absolute atomic E-state index is 0.0792. The first-order valence-corrected chi connectivity index (χ1v) is 7.55. The molecule has 0 aliphatic heterocycles. The number of aromatic nitrogens is 1. The van der Waals surface area contributed by atoms with Crippen LogP contribution in [-0.4, -0.2) is 32.3 Å². The maximum absolute atomic E-state index is 12.5. The number of ether oxygens (including phenoxy) is 3. The molecule has 3 aromatic rings. The highest BCUT2D eigenvalue weighted by Crippen LogP contribution is 2.31. The smallest absolute Gasteiger partial charge is 0.354 e. The summed E-state index contributed by atoms with van der Waals surface area (Å²) in [4.78, 5) is 27.1. The summed E-state index contributed by atoms with van der Waals surface area (Å²) < 4.78 is 15.2. The molecule has 1 N–H and O–H groups in total. The van der Waals surface area contributed by atoms with E-state index in [1.807, 2.05) is 24.3 Å². The van der Waals surface area contributed by atoms with Crippen molar-refractivity contribution in [2.24, 2.45) is 0 Å². The van der Waals surface area contributed by atoms with Crippen LogP contribution in [0.25, 0.3) is 22.0 Å². The number of aromatic amines is 1. The standard InChI is InChI=1S/C19H17NO5/c1-23-13-6-4-11(5-7-13)12-8-14-16(21)10-15(19(22)25-3)20-18(14)17(9-12)24-2/h4-10H,1-3H3,(H,20,21). The second-order valence-corrected chi connectivity index (χ2v) is 5.37. The SMILES string of the molecule is COC(=O)c1cc(=O)c2cc(-c3ccc(OC)cc3)cc(OC)c2[nH]1. The lowest BCUT2D eigenvalue weighted by molar-refractivity contribution is 0.0594. The average molecular weight is 339 g/mol. The molecular formula is C19H17NO5. The van der Waals surface area contributed by atoms with E-state index in [2.05, 4.69) is 9.72 Å². The minimum Gasteiger partial charge on any atom is -0.497 e. The Morgan fingerprint density at radius 2 is 1.64 bits per heavy atom. The predicted octanol–water partition coefficient (Wildman–Crippen LogP) is 3.00. The number of benzene rings is 2. The lowest BCUT2D eigenvalue weighted by Gasteiger charge is -2.11. The fraction of sp³-hybridized carbons (Fsp3) is 0.158. The lowest BCUT2D eigenvalue weighted by Crippen LogP contribution is -2.12. The second kappa shape index (κ2) is 6.68. The third-order valence-corrected chi connectivity index (χ3v) is 3.95. The maximum Gasteiger partial charge on any atom is 0.354 e. The molecular weight excluding hydrogens is 322 g/mol. The van der Waals surface area contributed by atoms with Gasteiger partial charge in [0.2, 0.25) is 0 Å². The molecule has 0 aliphatic carbocycles. The van der Waals surface area contributed by atoms with Crippen LogP contribution in [0.3, 0.4) is 0 Å². The van der Waals surface area contributed by atoms with Gasteiger partial charge >= 0.3 is 5.97 Å². The second-order valence-electron chi connectivity index (χ2n) is 5.37. The Morgan fingerprint density at radius 1 is 0.920 bits per heavy atom. The Hall–Kier alpha value is -3.28. The van der Waals surface area contributed by atoms with Crippen LogP contribution in [0.2, 0.25) is 0 Å². The van der Waals surface area contributed by atoms with Gasteiger partial charge in [0.1, 0.15) is 17.2 Å². The number of H-pyrrole nitrogens is 1. The van der Waals surface area contributed by atoms with Gasteiger partial charge in [0.05, 0.1) is 26.8 Å². The van der Waals surface area contributed by atoms with Crippen molar-refractivity contribution in [3.8, 4) is 22.6 Å². The molecule has 0 atom stereocenters. The van der Waals surface area contributed by atoms with E-state index in [1.165, 1.54) is 20.3 Å². The van der Waals surface area contributed by atoms with Crippen LogP contribution in [0.5, 0.6) is 11.5 Å². The van der Waals surface area contributed by atoms with Crippen LogP contribution in [0.4, 0.5) is 0 Å². The summed E-state index contributed by atoms with van der Waals surface area (Å²) in [6, 6.07) is 12.3. The number of hydrogen-bond donors (Lipinski definition) is 1. The van der Waals surface area contributed by atoms with E-state index in [0.29, 0.717) is 16.7 Å². The van der Waals surface area contributed by atoms with Gasteiger partial charge < -0.3 is 19.2 Å². The molecule has 6 heteroatoms. The van der Waals surface area contributed by atoms with Crippen LogP contribution in [-0.2, 0) is 4.74 Å². The van der Waals surface area contributed by atoms with E-state index in [9.17, 15) is 9.59 Å². The Morgan fingerprint density at radius 3 is 2.24 bits per heavy atom. The number of fused-ring (bicyclic) bond motifs is 1. The molecule has 0 bridgehead atoms.